The maximum absolute atomic E-state index is 6.17. The van der Waals surface area contributed by atoms with Gasteiger partial charge in [0, 0.05) is 21.6 Å². The normalized spacial score (nSPS) is 10.8. The lowest BCUT2D eigenvalue weighted by Gasteiger charge is -2.01. The van der Waals surface area contributed by atoms with Gasteiger partial charge in [-0.25, -0.2) is 0 Å². The summed E-state index contributed by atoms with van der Waals surface area (Å²) < 4.78 is 5.15. The second kappa shape index (κ2) is 4.39. The summed E-state index contributed by atoms with van der Waals surface area (Å²) in [7, 11) is 1.66. The number of benzene rings is 2. The number of fused-ring (bicyclic) bond motifs is 1. The largest absolute Gasteiger partial charge is 0.497 e. The molecule has 2 nitrogen and oxygen atoms in total. The highest BCUT2D eigenvalue weighted by Crippen LogP contribution is 2.29. The predicted octanol–water partition coefficient (Wildman–Crippen LogP) is 4.50. The van der Waals surface area contributed by atoms with Crippen LogP contribution in [0.1, 0.15) is 0 Å². The Bertz CT molecular complexity index is 685. The van der Waals surface area contributed by atoms with Gasteiger partial charge in [-0.3, -0.25) is 0 Å². The number of hydrogen-bond acceptors (Lipinski definition) is 1. The zero-order chi connectivity index (χ0) is 12.5. The van der Waals surface area contributed by atoms with E-state index in [1.54, 1.807) is 7.11 Å². The zero-order valence-electron chi connectivity index (χ0n) is 9.91. The van der Waals surface area contributed by atoms with Crippen LogP contribution in [0.15, 0.2) is 48.5 Å². The molecule has 0 aliphatic heterocycles. The van der Waals surface area contributed by atoms with Gasteiger partial charge in [-0.1, -0.05) is 17.7 Å². The molecule has 1 N–H and O–H groups in total. The average molecular weight is 258 g/mol. The molecule has 1 heterocycles. The van der Waals surface area contributed by atoms with E-state index in [9.17, 15) is 0 Å². The van der Waals surface area contributed by atoms with Gasteiger partial charge in [-0.2, -0.15) is 0 Å². The predicted molar refractivity (Wildman–Crippen MR) is 75.3 cm³/mol. The number of aromatic amines is 1. The van der Waals surface area contributed by atoms with E-state index in [0.29, 0.717) is 0 Å². The maximum Gasteiger partial charge on any atom is 0.118 e. The Morgan fingerprint density at radius 2 is 1.83 bits per heavy atom. The van der Waals surface area contributed by atoms with Crippen molar-refractivity contribution in [2.24, 2.45) is 0 Å². The van der Waals surface area contributed by atoms with E-state index in [-0.39, 0.29) is 0 Å². The summed E-state index contributed by atoms with van der Waals surface area (Å²) in [6.07, 6.45) is 0. The van der Waals surface area contributed by atoms with Crippen LogP contribution < -0.4 is 4.74 Å². The molecule has 2 aromatic carbocycles. The molecule has 0 saturated carbocycles. The van der Waals surface area contributed by atoms with E-state index >= 15 is 0 Å². The zero-order valence-corrected chi connectivity index (χ0v) is 10.7. The second-order valence-electron chi connectivity index (χ2n) is 4.11. The standard InChI is InChI=1S/C15H12ClNO/c1-18-11-7-5-10(6-8-11)15-9-12-13(16)3-2-4-14(12)17-15/h2-9,17H,1H3. The van der Waals surface area contributed by atoms with Gasteiger partial charge in [-0.15, -0.1) is 0 Å². The lowest BCUT2D eigenvalue weighted by Crippen LogP contribution is -1.82. The molecule has 0 unspecified atom stereocenters. The summed E-state index contributed by atoms with van der Waals surface area (Å²) in [6.45, 7) is 0. The van der Waals surface area contributed by atoms with Crippen LogP contribution in [0.25, 0.3) is 22.2 Å². The monoisotopic (exact) mass is 257 g/mol. The van der Waals surface area contributed by atoms with Crippen LogP contribution in [0, 0.1) is 0 Å². The molecule has 0 amide bonds. The summed E-state index contributed by atoms with van der Waals surface area (Å²) in [5.74, 6) is 0.855. The number of H-pyrrole nitrogens is 1. The molecule has 1 aromatic heterocycles. The summed E-state index contributed by atoms with van der Waals surface area (Å²) >= 11 is 6.17. The Kier molecular flexibility index (Phi) is 2.73. The van der Waals surface area contributed by atoms with E-state index in [4.69, 9.17) is 16.3 Å². The van der Waals surface area contributed by atoms with Crippen molar-refractivity contribution in [1.29, 1.82) is 0 Å². The van der Waals surface area contributed by atoms with Crippen LogP contribution in [0.4, 0.5) is 0 Å². The number of ether oxygens (including phenoxy) is 1. The molecule has 0 radical (unpaired) electrons. The molecule has 0 saturated heterocycles. The quantitative estimate of drug-likeness (QED) is 0.719. The van der Waals surface area contributed by atoms with Crippen LogP contribution in [0.3, 0.4) is 0 Å². The second-order valence-corrected chi connectivity index (χ2v) is 4.52. The van der Waals surface area contributed by atoms with Crippen LogP contribution in [-0.2, 0) is 0 Å². The Balaban J connectivity index is 2.10. The third-order valence-corrected chi connectivity index (χ3v) is 3.34. The fraction of sp³-hybridized carbons (Fsp3) is 0.0667. The molecule has 0 aliphatic rings. The Morgan fingerprint density at radius 3 is 2.50 bits per heavy atom. The third kappa shape index (κ3) is 1.85. The Hall–Kier alpha value is -1.93. The van der Waals surface area contributed by atoms with Crippen molar-refractivity contribution >= 4 is 22.5 Å². The van der Waals surface area contributed by atoms with Gasteiger partial charge in [0.1, 0.15) is 5.75 Å². The topological polar surface area (TPSA) is 25.0 Å². The molecule has 3 heteroatoms. The van der Waals surface area contributed by atoms with Crippen molar-refractivity contribution in [3.05, 3.63) is 53.6 Å². The summed E-state index contributed by atoms with van der Waals surface area (Å²) in [5, 5.41) is 1.81. The van der Waals surface area contributed by atoms with E-state index in [1.807, 2.05) is 42.5 Å². The van der Waals surface area contributed by atoms with Gasteiger partial charge in [0.2, 0.25) is 0 Å². The number of halogens is 1. The highest BCUT2D eigenvalue weighted by atomic mass is 35.5. The van der Waals surface area contributed by atoms with E-state index in [1.165, 1.54) is 0 Å². The van der Waals surface area contributed by atoms with Gasteiger partial charge in [-0.05, 0) is 48.0 Å². The fourth-order valence-corrected chi connectivity index (χ4v) is 2.27. The van der Waals surface area contributed by atoms with Gasteiger partial charge in [0.25, 0.3) is 0 Å². The lowest BCUT2D eigenvalue weighted by atomic mass is 10.1. The number of rotatable bonds is 2. The van der Waals surface area contributed by atoms with Gasteiger partial charge in [0.15, 0.2) is 0 Å². The molecule has 0 spiro atoms. The van der Waals surface area contributed by atoms with Gasteiger partial charge >= 0.3 is 0 Å². The molecule has 0 atom stereocenters. The Morgan fingerprint density at radius 1 is 1.06 bits per heavy atom. The number of hydrogen-bond donors (Lipinski definition) is 1. The molecule has 18 heavy (non-hydrogen) atoms. The smallest absolute Gasteiger partial charge is 0.118 e. The third-order valence-electron chi connectivity index (χ3n) is 3.01. The fourth-order valence-electron chi connectivity index (χ4n) is 2.04. The van der Waals surface area contributed by atoms with Crippen molar-refractivity contribution in [2.75, 3.05) is 7.11 Å². The van der Waals surface area contributed by atoms with E-state index in [0.717, 1.165) is 32.9 Å². The highest BCUT2D eigenvalue weighted by molar-refractivity contribution is 6.35. The van der Waals surface area contributed by atoms with Crippen molar-refractivity contribution in [3.8, 4) is 17.0 Å². The van der Waals surface area contributed by atoms with E-state index < -0.39 is 0 Å². The molecule has 0 fully saturated rings. The molecular formula is C15H12ClNO. The van der Waals surface area contributed by atoms with Crippen molar-refractivity contribution in [1.82, 2.24) is 4.98 Å². The first-order valence-electron chi connectivity index (χ1n) is 5.69. The molecule has 0 aliphatic carbocycles. The Labute approximate surface area is 110 Å². The molecule has 90 valence electrons. The minimum absolute atomic E-state index is 0.767. The lowest BCUT2D eigenvalue weighted by molar-refractivity contribution is 0.415. The minimum atomic E-state index is 0.767. The maximum atomic E-state index is 6.17. The summed E-state index contributed by atoms with van der Waals surface area (Å²) in [6, 6.07) is 15.9. The van der Waals surface area contributed by atoms with Crippen molar-refractivity contribution < 1.29 is 4.74 Å². The summed E-state index contributed by atoms with van der Waals surface area (Å²) in [5.41, 5.74) is 3.22. The van der Waals surface area contributed by atoms with Gasteiger partial charge < -0.3 is 9.72 Å². The van der Waals surface area contributed by atoms with Crippen LogP contribution >= 0.6 is 11.6 Å². The first kappa shape index (κ1) is 11.2. The van der Waals surface area contributed by atoms with Crippen molar-refractivity contribution in [3.63, 3.8) is 0 Å². The minimum Gasteiger partial charge on any atom is -0.497 e. The first-order chi connectivity index (χ1) is 8.78. The van der Waals surface area contributed by atoms with Crippen LogP contribution in [0.5, 0.6) is 5.75 Å². The van der Waals surface area contributed by atoms with Crippen molar-refractivity contribution in [2.45, 2.75) is 0 Å². The summed E-state index contributed by atoms with van der Waals surface area (Å²) in [4.78, 5) is 3.36. The molecule has 3 aromatic rings. The SMILES string of the molecule is COc1ccc(-c2cc3c(Cl)cccc3[nH]2)cc1. The molecular weight excluding hydrogens is 246 g/mol. The van der Waals surface area contributed by atoms with Gasteiger partial charge in [0.05, 0.1) is 7.11 Å². The number of aromatic nitrogens is 1. The highest BCUT2D eigenvalue weighted by Gasteiger charge is 2.05. The van der Waals surface area contributed by atoms with Crippen LogP contribution in [0.2, 0.25) is 5.02 Å². The molecule has 3 rings (SSSR count). The first-order valence-corrected chi connectivity index (χ1v) is 6.07. The van der Waals surface area contributed by atoms with E-state index in [2.05, 4.69) is 11.1 Å². The number of methoxy groups -OCH3 is 1. The average Bonchev–Trinajstić information content (AvgIpc) is 2.84. The molecule has 0 bridgehead atoms. The number of nitrogens with one attached hydrogen (secondary N) is 1. The van der Waals surface area contributed by atoms with Crippen LogP contribution in [-0.4, -0.2) is 12.1 Å².